The maximum atomic E-state index is 12.5. The van der Waals surface area contributed by atoms with E-state index in [0.717, 1.165) is 24.0 Å². The first-order valence-electron chi connectivity index (χ1n) is 10.5. The zero-order valence-electron chi connectivity index (χ0n) is 18.1. The van der Waals surface area contributed by atoms with Crippen molar-refractivity contribution in [3.05, 3.63) is 59.5 Å². The van der Waals surface area contributed by atoms with Gasteiger partial charge in [0.05, 0.1) is 20.1 Å². The molecule has 1 atom stereocenters. The molecule has 0 saturated carbocycles. The van der Waals surface area contributed by atoms with Gasteiger partial charge in [-0.1, -0.05) is 42.4 Å². The number of hydrogen-bond donors (Lipinski definition) is 0. The average molecular weight is 421 g/mol. The average Bonchev–Trinajstić information content (AvgIpc) is 3.44. The highest BCUT2D eigenvalue weighted by atomic mass is 16.5. The number of carbonyl (C=O) groups is 1. The molecule has 1 saturated heterocycles. The van der Waals surface area contributed by atoms with Crippen LogP contribution in [0.5, 0.6) is 11.5 Å². The van der Waals surface area contributed by atoms with E-state index in [-0.39, 0.29) is 11.8 Å². The predicted molar refractivity (Wildman–Crippen MR) is 116 cm³/mol. The second kappa shape index (κ2) is 9.20. The molecular formula is C24H27N3O4. The molecule has 7 nitrogen and oxygen atoms in total. The van der Waals surface area contributed by atoms with Crippen molar-refractivity contribution in [1.29, 1.82) is 0 Å². The minimum atomic E-state index is -0.0749. The largest absolute Gasteiger partial charge is 0.493 e. The Labute approximate surface area is 182 Å². The Hall–Kier alpha value is -3.35. The fourth-order valence-electron chi connectivity index (χ4n) is 3.86. The lowest BCUT2D eigenvalue weighted by molar-refractivity contribution is -0.127. The molecular weight excluding hydrogens is 394 g/mol. The number of amides is 1. The van der Waals surface area contributed by atoms with E-state index in [1.165, 1.54) is 5.56 Å². The number of aryl methyl sites for hydroxylation is 1. The molecule has 1 aliphatic heterocycles. The summed E-state index contributed by atoms with van der Waals surface area (Å²) in [4.78, 5) is 19.0. The van der Waals surface area contributed by atoms with Crippen LogP contribution in [0.2, 0.25) is 0 Å². The summed E-state index contributed by atoms with van der Waals surface area (Å²) < 4.78 is 16.1. The van der Waals surface area contributed by atoms with Gasteiger partial charge in [0.2, 0.25) is 17.6 Å². The van der Waals surface area contributed by atoms with Crippen LogP contribution in [0.25, 0.3) is 11.4 Å². The summed E-state index contributed by atoms with van der Waals surface area (Å²) in [6.07, 6.45) is 2.11. The smallest absolute Gasteiger partial charge is 0.232 e. The van der Waals surface area contributed by atoms with Gasteiger partial charge in [0, 0.05) is 25.1 Å². The summed E-state index contributed by atoms with van der Waals surface area (Å²) >= 11 is 0. The molecule has 162 valence electrons. The number of methoxy groups -OCH3 is 2. The zero-order valence-corrected chi connectivity index (χ0v) is 18.1. The van der Waals surface area contributed by atoms with Crippen molar-refractivity contribution in [3.8, 4) is 22.9 Å². The van der Waals surface area contributed by atoms with Gasteiger partial charge in [0.1, 0.15) is 0 Å². The van der Waals surface area contributed by atoms with Gasteiger partial charge >= 0.3 is 0 Å². The first-order valence-corrected chi connectivity index (χ1v) is 10.5. The molecule has 7 heteroatoms. The number of rotatable bonds is 8. The number of benzene rings is 2. The summed E-state index contributed by atoms with van der Waals surface area (Å²) in [5.41, 5.74) is 3.27. The molecule has 2 heterocycles. The SMILES string of the molecule is CCc1ccc(-c2noc(C3CC(=O)N(CCc4ccc(OC)c(OC)c4)C3)n2)cc1. The van der Waals surface area contributed by atoms with Gasteiger partial charge in [-0.05, 0) is 36.1 Å². The highest BCUT2D eigenvalue weighted by molar-refractivity contribution is 5.79. The Morgan fingerprint density at radius 2 is 1.81 bits per heavy atom. The normalized spacial score (nSPS) is 16.0. The molecule has 0 radical (unpaired) electrons. The fourth-order valence-corrected chi connectivity index (χ4v) is 3.86. The molecule has 1 fully saturated rings. The minimum Gasteiger partial charge on any atom is -0.493 e. The molecule has 1 amide bonds. The molecule has 1 unspecified atom stereocenters. The van der Waals surface area contributed by atoms with E-state index in [9.17, 15) is 4.79 Å². The fraction of sp³-hybridized carbons (Fsp3) is 0.375. The number of nitrogens with zero attached hydrogens (tertiary/aromatic N) is 3. The second-order valence-electron chi connectivity index (χ2n) is 7.69. The van der Waals surface area contributed by atoms with Crippen molar-refractivity contribution in [1.82, 2.24) is 15.0 Å². The van der Waals surface area contributed by atoms with E-state index < -0.39 is 0 Å². The van der Waals surface area contributed by atoms with Crippen molar-refractivity contribution >= 4 is 5.91 Å². The lowest BCUT2D eigenvalue weighted by Gasteiger charge is -2.16. The summed E-state index contributed by atoms with van der Waals surface area (Å²) in [5, 5.41) is 4.12. The van der Waals surface area contributed by atoms with Crippen LogP contribution in [0.4, 0.5) is 0 Å². The van der Waals surface area contributed by atoms with Crippen LogP contribution in [-0.2, 0) is 17.6 Å². The van der Waals surface area contributed by atoms with Crippen LogP contribution in [0.1, 0.15) is 36.3 Å². The number of hydrogen-bond acceptors (Lipinski definition) is 6. The molecule has 1 aliphatic rings. The number of carbonyl (C=O) groups excluding carboxylic acids is 1. The highest BCUT2D eigenvalue weighted by Crippen LogP contribution is 2.30. The maximum absolute atomic E-state index is 12.5. The lowest BCUT2D eigenvalue weighted by atomic mass is 10.1. The minimum absolute atomic E-state index is 0.0749. The van der Waals surface area contributed by atoms with E-state index in [2.05, 4.69) is 29.2 Å². The van der Waals surface area contributed by atoms with Crippen LogP contribution in [0.15, 0.2) is 47.0 Å². The quantitative estimate of drug-likeness (QED) is 0.549. The molecule has 3 aromatic rings. The van der Waals surface area contributed by atoms with Crippen molar-refractivity contribution in [2.45, 2.75) is 32.1 Å². The van der Waals surface area contributed by atoms with Gasteiger partial charge in [-0.3, -0.25) is 4.79 Å². The third-order valence-electron chi connectivity index (χ3n) is 5.74. The van der Waals surface area contributed by atoms with E-state index in [4.69, 9.17) is 14.0 Å². The van der Waals surface area contributed by atoms with Crippen molar-refractivity contribution in [2.24, 2.45) is 0 Å². The topological polar surface area (TPSA) is 77.7 Å². The van der Waals surface area contributed by atoms with Gasteiger partial charge in [-0.2, -0.15) is 4.98 Å². The third kappa shape index (κ3) is 4.55. The number of aromatic nitrogens is 2. The Bertz CT molecular complexity index is 1050. The molecule has 1 aromatic heterocycles. The van der Waals surface area contributed by atoms with Crippen LogP contribution in [0, 0.1) is 0 Å². The third-order valence-corrected chi connectivity index (χ3v) is 5.74. The Morgan fingerprint density at radius 1 is 1.06 bits per heavy atom. The summed E-state index contributed by atoms with van der Waals surface area (Å²) in [5.74, 6) is 2.51. The Morgan fingerprint density at radius 3 is 2.52 bits per heavy atom. The standard InChI is InChI=1S/C24H27N3O4/c1-4-16-5-8-18(9-6-16)23-25-24(31-26-23)19-14-22(28)27(15-19)12-11-17-7-10-20(29-2)21(13-17)30-3/h5-10,13,19H,4,11-12,14-15H2,1-3H3. The van der Waals surface area contributed by atoms with Gasteiger partial charge in [0.25, 0.3) is 0 Å². The van der Waals surface area contributed by atoms with E-state index in [1.807, 2.05) is 35.2 Å². The Kier molecular flexibility index (Phi) is 6.21. The molecule has 2 aromatic carbocycles. The van der Waals surface area contributed by atoms with Crippen LogP contribution in [0.3, 0.4) is 0 Å². The van der Waals surface area contributed by atoms with Crippen LogP contribution < -0.4 is 9.47 Å². The second-order valence-corrected chi connectivity index (χ2v) is 7.69. The van der Waals surface area contributed by atoms with E-state index in [0.29, 0.717) is 42.7 Å². The van der Waals surface area contributed by atoms with E-state index >= 15 is 0 Å². The van der Waals surface area contributed by atoms with E-state index in [1.54, 1.807) is 14.2 Å². The predicted octanol–water partition coefficient (Wildman–Crippen LogP) is 3.87. The molecule has 31 heavy (non-hydrogen) atoms. The van der Waals surface area contributed by atoms with Crippen molar-refractivity contribution in [2.75, 3.05) is 27.3 Å². The maximum Gasteiger partial charge on any atom is 0.232 e. The number of ether oxygens (including phenoxy) is 2. The summed E-state index contributed by atoms with van der Waals surface area (Å²) in [7, 11) is 3.23. The number of likely N-dealkylation sites (tertiary alicyclic amines) is 1. The van der Waals surface area contributed by atoms with Crippen molar-refractivity contribution in [3.63, 3.8) is 0 Å². The van der Waals surface area contributed by atoms with Crippen LogP contribution in [-0.4, -0.2) is 48.3 Å². The zero-order chi connectivity index (χ0) is 21.8. The monoisotopic (exact) mass is 421 g/mol. The van der Waals surface area contributed by atoms with Crippen molar-refractivity contribution < 1.29 is 18.8 Å². The molecule has 0 spiro atoms. The van der Waals surface area contributed by atoms with Gasteiger partial charge in [-0.15, -0.1) is 0 Å². The first-order chi connectivity index (χ1) is 15.1. The molecule has 0 N–H and O–H groups in total. The highest BCUT2D eigenvalue weighted by Gasteiger charge is 2.34. The molecule has 4 rings (SSSR count). The molecule has 0 aliphatic carbocycles. The lowest BCUT2D eigenvalue weighted by Crippen LogP contribution is -2.27. The summed E-state index contributed by atoms with van der Waals surface area (Å²) in [6, 6.07) is 14.0. The van der Waals surface area contributed by atoms with Gasteiger partial charge in [0.15, 0.2) is 11.5 Å². The first kappa shape index (κ1) is 20.9. The molecule has 0 bridgehead atoms. The van der Waals surface area contributed by atoms with Gasteiger partial charge in [-0.25, -0.2) is 0 Å². The Balaban J connectivity index is 1.39. The van der Waals surface area contributed by atoms with Gasteiger partial charge < -0.3 is 18.9 Å². The van der Waals surface area contributed by atoms with Crippen LogP contribution >= 0.6 is 0 Å². The summed E-state index contributed by atoms with van der Waals surface area (Å²) in [6.45, 7) is 3.34.